The lowest BCUT2D eigenvalue weighted by atomic mass is 9.96. The average Bonchev–Trinajstić information content (AvgIpc) is 3.22. The van der Waals surface area contributed by atoms with Crippen LogP contribution < -0.4 is 20.7 Å². The fraction of sp³-hybridized carbons (Fsp3) is 0.233. The highest BCUT2D eigenvalue weighted by Gasteiger charge is 2.31. The molecule has 0 aliphatic carbocycles. The van der Waals surface area contributed by atoms with Gasteiger partial charge in [0.05, 0.1) is 17.6 Å². The van der Waals surface area contributed by atoms with Crippen molar-refractivity contribution < 1.29 is 8.83 Å². The lowest BCUT2D eigenvalue weighted by Crippen LogP contribution is -2.46. The Morgan fingerprint density at radius 1 is 0.921 bits per heavy atom. The Morgan fingerprint density at radius 3 is 2.37 bits per heavy atom. The Bertz CT molecular complexity index is 1840. The lowest BCUT2D eigenvalue weighted by Gasteiger charge is -2.45. The number of rotatable bonds is 2. The van der Waals surface area contributed by atoms with Gasteiger partial charge >= 0.3 is 5.63 Å². The number of furan rings is 1. The van der Waals surface area contributed by atoms with Gasteiger partial charge in [0.2, 0.25) is 5.88 Å². The van der Waals surface area contributed by atoms with Gasteiger partial charge in [-0.3, -0.25) is 0 Å². The van der Waals surface area contributed by atoms with Gasteiger partial charge in [0.25, 0.3) is 0 Å². The molecular formula is C30H25BrClN3O3. The van der Waals surface area contributed by atoms with E-state index >= 15 is 0 Å². The molecule has 0 saturated carbocycles. The van der Waals surface area contributed by atoms with Gasteiger partial charge in [-0.05, 0) is 86.0 Å². The van der Waals surface area contributed by atoms with E-state index < -0.39 is 5.63 Å². The van der Waals surface area contributed by atoms with Gasteiger partial charge in [-0.15, -0.1) is 0 Å². The summed E-state index contributed by atoms with van der Waals surface area (Å²) >= 11 is 9.92. The summed E-state index contributed by atoms with van der Waals surface area (Å²) < 4.78 is 13.2. The molecule has 0 unspecified atom stereocenters. The maximum atomic E-state index is 13.4. The van der Waals surface area contributed by atoms with Crippen LogP contribution in [0.2, 0.25) is 5.02 Å². The molecule has 0 fully saturated rings. The first kappa shape index (κ1) is 23.7. The van der Waals surface area contributed by atoms with E-state index in [2.05, 4.69) is 88.2 Å². The second-order valence-electron chi connectivity index (χ2n) is 11.1. The molecule has 5 aromatic rings. The average molecular weight is 591 g/mol. The van der Waals surface area contributed by atoms with Crippen LogP contribution in [0.3, 0.4) is 0 Å². The number of anilines is 3. The van der Waals surface area contributed by atoms with E-state index in [0.717, 1.165) is 29.8 Å². The predicted octanol–water partition coefficient (Wildman–Crippen LogP) is 8.13. The zero-order chi connectivity index (χ0) is 26.3. The molecule has 8 heteroatoms. The van der Waals surface area contributed by atoms with Crippen molar-refractivity contribution in [1.29, 1.82) is 0 Å². The molecule has 2 aliphatic rings. The van der Waals surface area contributed by atoms with Crippen LogP contribution in [-0.4, -0.2) is 12.2 Å². The second-order valence-corrected chi connectivity index (χ2v) is 12.4. The Kier molecular flexibility index (Phi) is 5.16. The van der Waals surface area contributed by atoms with Crippen molar-refractivity contribution in [2.75, 3.05) is 21.8 Å². The molecule has 2 aromatic heterocycles. The van der Waals surface area contributed by atoms with E-state index in [1.165, 1.54) is 22.5 Å². The first-order chi connectivity index (χ1) is 18.1. The Hall–Kier alpha value is -3.42. The Balaban J connectivity index is 1.42. The topological polar surface area (TPSA) is 61.9 Å². The van der Waals surface area contributed by atoms with Crippen LogP contribution in [0.15, 0.2) is 72.7 Å². The maximum absolute atomic E-state index is 13.4. The van der Waals surface area contributed by atoms with Crippen molar-refractivity contribution in [1.82, 2.24) is 0 Å². The van der Waals surface area contributed by atoms with Crippen LogP contribution in [0.1, 0.15) is 31.9 Å². The van der Waals surface area contributed by atoms with Gasteiger partial charge in [0.1, 0.15) is 11.0 Å². The van der Waals surface area contributed by atoms with Crippen LogP contribution in [-0.2, 0) is 13.1 Å². The molecule has 192 valence electrons. The molecule has 6 nitrogen and oxygen atoms in total. The highest BCUT2D eigenvalue weighted by molar-refractivity contribution is 9.10. The van der Waals surface area contributed by atoms with Gasteiger partial charge in [0.15, 0.2) is 5.58 Å². The number of nitrogens with one attached hydrogen (secondary N) is 1. The summed E-state index contributed by atoms with van der Waals surface area (Å²) in [6.45, 7) is 8.66. The van der Waals surface area contributed by atoms with Crippen molar-refractivity contribution in [2.24, 2.45) is 0 Å². The lowest BCUT2D eigenvalue weighted by molar-refractivity contribution is 0.557. The van der Waals surface area contributed by atoms with E-state index in [1.807, 2.05) is 0 Å². The maximum Gasteiger partial charge on any atom is 0.348 e. The molecule has 0 amide bonds. The van der Waals surface area contributed by atoms with E-state index in [9.17, 15) is 4.79 Å². The molecule has 7 rings (SSSR count). The largest absolute Gasteiger partial charge is 0.439 e. The normalized spacial score (nSPS) is 14.7. The third-order valence-corrected chi connectivity index (χ3v) is 7.87. The number of benzene rings is 3. The summed E-state index contributed by atoms with van der Waals surface area (Å²) in [6, 6.07) is 18.1. The fourth-order valence-electron chi connectivity index (χ4n) is 5.64. The Labute approximate surface area is 232 Å². The highest BCUT2D eigenvalue weighted by atomic mass is 79.9. The number of hydrogen-bond acceptors (Lipinski definition) is 6. The molecule has 38 heavy (non-hydrogen) atoms. The van der Waals surface area contributed by atoms with Crippen LogP contribution in [0, 0.1) is 0 Å². The van der Waals surface area contributed by atoms with E-state index in [1.54, 1.807) is 18.2 Å². The van der Waals surface area contributed by atoms with Gasteiger partial charge < -0.3 is 24.0 Å². The monoisotopic (exact) mass is 589 g/mol. The number of halogens is 2. The molecule has 0 saturated heterocycles. The fourth-order valence-corrected chi connectivity index (χ4v) is 6.23. The van der Waals surface area contributed by atoms with Gasteiger partial charge in [-0.25, -0.2) is 4.79 Å². The molecule has 0 spiro atoms. The van der Waals surface area contributed by atoms with Crippen LogP contribution >= 0.6 is 27.5 Å². The summed E-state index contributed by atoms with van der Waals surface area (Å²) in [4.78, 5) is 18.1. The molecule has 1 N–H and O–H groups in total. The highest BCUT2D eigenvalue weighted by Crippen LogP contribution is 2.44. The van der Waals surface area contributed by atoms with E-state index in [0.29, 0.717) is 38.4 Å². The minimum atomic E-state index is -0.433. The Morgan fingerprint density at radius 2 is 1.63 bits per heavy atom. The van der Waals surface area contributed by atoms with Gasteiger partial charge in [-0.2, -0.15) is 0 Å². The zero-order valence-electron chi connectivity index (χ0n) is 21.2. The van der Waals surface area contributed by atoms with Gasteiger partial charge in [-0.1, -0.05) is 33.6 Å². The van der Waals surface area contributed by atoms with Crippen LogP contribution in [0.25, 0.3) is 33.1 Å². The molecule has 3 aromatic carbocycles. The summed E-state index contributed by atoms with van der Waals surface area (Å²) in [5, 5.41) is 5.11. The molecule has 2 aliphatic heterocycles. The molecule has 0 radical (unpaired) electrons. The first-order valence-corrected chi connectivity index (χ1v) is 13.7. The van der Waals surface area contributed by atoms with Crippen LogP contribution in [0.5, 0.6) is 0 Å². The number of nitrogens with zero attached hydrogens (tertiary/aromatic N) is 2. The summed E-state index contributed by atoms with van der Waals surface area (Å²) in [6.07, 6.45) is 0. The summed E-state index contributed by atoms with van der Waals surface area (Å²) in [5.74, 6) is 0.541. The standard InChI is InChI=1S/C30H25BrClN3O3/c1-30(2,3)33-28-25(26-27(38-28)21-12-20(32)6-9-24(21)37-29(26)36)16-4-7-22-17(10-16)13-34-15-35(22)14-18-11-19(31)5-8-23(18)34/h4-12,33H,13-15H2,1-3H3. The molecule has 2 bridgehead atoms. The smallest absolute Gasteiger partial charge is 0.348 e. The van der Waals surface area contributed by atoms with Crippen molar-refractivity contribution in [3.63, 3.8) is 0 Å². The second kappa shape index (κ2) is 8.29. The molecule has 4 heterocycles. The summed E-state index contributed by atoms with van der Waals surface area (Å²) in [5.41, 5.74) is 6.77. The molecular weight excluding hydrogens is 566 g/mol. The minimum absolute atomic E-state index is 0.295. The van der Waals surface area contributed by atoms with Crippen LogP contribution in [0.4, 0.5) is 17.3 Å². The van der Waals surface area contributed by atoms with Crippen molar-refractivity contribution in [3.8, 4) is 11.1 Å². The SMILES string of the molecule is CC(C)(C)Nc1oc2c(c1-c1ccc3c(c1)CN1CN3Cc3cc(Br)ccc31)c(=O)oc1ccc(Cl)cc12. The van der Waals surface area contributed by atoms with Crippen molar-refractivity contribution in [2.45, 2.75) is 39.4 Å². The first-order valence-electron chi connectivity index (χ1n) is 12.5. The van der Waals surface area contributed by atoms with E-state index in [4.69, 9.17) is 20.4 Å². The van der Waals surface area contributed by atoms with E-state index in [-0.39, 0.29) is 5.54 Å². The van der Waals surface area contributed by atoms with Crippen molar-refractivity contribution in [3.05, 3.63) is 85.6 Å². The zero-order valence-corrected chi connectivity index (χ0v) is 23.5. The van der Waals surface area contributed by atoms with Crippen molar-refractivity contribution >= 4 is 66.7 Å². The minimum Gasteiger partial charge on any atom is -0.439 e. The number of fused-ring (bicyclic) bond motifs is 9. The number of hydrogen-bond donors (Lipinski definition) is 1. The quantitative estimate of drug-likeness (QED) is 0.210. The molecule has 0 atom stereocenters. The summed E-state index contributed by atoms with van der Waals surface area (Å²) in [7, 11) is 0. The third-order valence-electron chi connectivity index (χ3n) is 7.14. The predicted molar refractivity (Wildman–Crippen MR) is 157 cm³/mol. The third kappa shape index (κ3) is 3.79. The van der Waals surface area contributed by atoms with Gasteiger partial charge in [0, 0.05) is 39.5 Å².